The molecule has 0 unspecified atom stereocenters. The van der Waals surface area contributed by atoms with Gasteiger partial charge in [-0.1, -0.05) is 12.1 Å². The summed E-state index contributed by atoms with van der Waals surface area (Å²) in [5.74, 6) is 0. The maximum atomic E-state index is 4.53. The molecular formula is C11H16NS+. The third kappa shape index (κ3) is 1.49. The van der Waals surface area contributed by atoms with E-state index >= 15 is 0 Å². The molecule has 2 rings (SSSR count). The summed E-state index contributed by atoms with van der Waals surface area (Å²) in [6.07, 6.45) is 2.50. The molecule has 0 saturated heterocycles. The van der Waals surface area contributed by atoms with Crippen molar-refractivity contribution in [2.24, 2.45) is 0 Å². The van der Waals surface area contributed by atoms with Crippen molar-refractivity contribution < 1.29 is 0 Å². The van der Waals surface area contributed by atoms with Crippen LogP contribution in [-0.2, 0) is 6.42 Å². The molecule has 2 heteroatoms. The molecule has 1 heterocycles. The van der Waals surface area contributed by atoms with Crippen LogP contribution in [0.25, 0.3) is 0 Å². The lowest BCUT2D eigenvalue weighted by atomic mass is 10.0. The predicted molar refractivity (Wildman–Crippen MR) is 60.5 cm³/mol. The van der Waals surface area contributed by atoms with Gasteiger partial charge in [0.05, 0.1) is 25.5 Å². The number of quaternary nitrogens is 1. The van der Waals surface area contributed by atoms with E-state index in [2.05, 4.69) is 44.9 Å². The van der Waals surface area contributed by atoms with E-state index in [1.165, 1.54) is 30.6 Å². The van der Waals surface area contributed by atoms with Crippen LogP contribution >= 0.6 is 12.6 Å². The maximum absolute atomic E-state index is 4.53. The number of aryl methyl sites for hydroxylation is 1. The van der Waals surface area contributed by atoms with E-state index in [0.717, 1.165) is 9.38 Å². The lowest BCUT2D eigenvalue weighted by Crippen LogP contribution is -2.44. The van der Waals surface area contributed by atoms with Crippen LogP contribution in [0.4, 0.5) is 5.69 Å². The molecule has 0 atom stereocenters. The lowest BCUT2D eigenvalue weighted by molar-refractivity contribution is 0.364. The van der Waals surface area contributed by atoms with Gasteiger partial charge < -0.3 is 0 Å². The Morgan fingerprint density at radius 3 is 2.77 bits per heavy atom. The van der Waals surface area contributed by atoms with E-state index < -0.39 is 0 Å². The van der Waals surface area contributed by atoms with Crippen LogP contribution in [0.2, 0.25) is 0 Å². The van der Waals surface area contributed by atoms with Crippen LogP contribution in [0, 0.1) is 0 Å². The number of fused-ring (bicyclic) bond motifs is 1. The first-order valence-corrected chi connectivity index (χ1v) is 5.20. The first-order valence-electron chi connectivity index (χ1n) is 4.76. The Labute approximate surface area is 85.4 Å². The molecule has 1 aromatic rings. The van der Waals surface area contributed by atoms with Gasteiger partial charge in [-0.05, 0) is 12.5 Å². The Balaban J connectivity index is 2.61. The summed E-state index contributed by atoms with van der Waals surface area (Å²) in [4.78, 5) is 1.14. The zero-order chi connectivity index (χ0) is 9.47. The molecule has 0 aliphatic carbocycles. The zero-order valence-corrected chi connectivity index (χ0v) is 9.14. The Kier molecular flexibility index (Phi) is 2.12. The highest BCUT2D eigenvalue weighted by molar-refractivity contribution is 7.80. The smallest absolute Gasteiger partial charge is 0.149 e. The summed E-state index contributed by atoms with van der Waals surface area (Å²) in [6.45, 7) is 1.23. The average Bonchev–Trinajstić information content (AvgIpc) is 2.02. The van der Waals surface area contributed by atoms with Gasteiger partial charge >= 0.3 is 0 Å². The molecule has 1 nitrogen and oxygen atoms in total. The Morgan fingerprint density at radius 2 is 2.08 bits per heavy atom. The van der Waals surface area contributed by atoms with Gasteiger partial charge in [0.2, 0.25) is 0 Å². The first-order chi connectivity index (χ1) is 6.11. The minimum absolute atomic E-state index is 0.981. The van der Waals surface area contributed by atoms with Crippen LogP contribution in [0.5, 0.6) is 0 Å². The topological polar surface area (TPSA) is 0 Å². The molecule has 1 aliphatic heterocycles. The molecule has 70 valence electrons. The number of para-hydroxylation sites is 1. The highest BCUT2D eigenvalue weighted by Crippen LogP contribution is 2.35. The van der Waals surface area contributed by atoms with Crippen LogP contribution in [0.15, 0.2) is 23.1 Å². The largest absolute Gasteiger partial charge is 0.295 e. The van der Waals surface area contributed by atoms with Crippen molar-refractivity contribution in [2.45, 2.75) is 17.7 Å². The van der Waals surface area contributed by atoms with Crippen LogP contribution in [0.1, 0.15) is 12.0 Å². The number of hydrogen-bond acceptors (Lipinski definition) is 1. The summed E-state index contributed by atoms with van der Waals surface area (Å²) < 4.78 is 0.981. The monoisotopic (exact) mass is 194 g/mol. The SMILES string of the molecule is C[N+]1(C)CCCc2cccc(S)c21. The first kappa shape index (κ1) is 9.10. The molecule has 0 amide bonds. The summed E-state index contributed by atoms with van der Waals surface area (Å²) in [7, 11) is 4.52. The van der Waals surface area contributed by atoms with Crippen molar-refractivity contribution in [3.63, 3.8) is 0 Å². The fourth-order valence-electron chi connectivity index (χ4n) is 2.25. The molecule has 0 bridgehead atoms. The predicted octanol–water partition coefficient (Wildman–Crippen LogP) is 2.49. The molecule has 0 fully saturated rings. The molecular weight excluding hydrogens is 178 g/mol. The third-order valence-corrected chi connectivity index (χ3v) is 3.23. The van der Waals surface area contributed by atoms with Gasteiger partial charge in [0, 0.05) is 12.0 Å². The van der Waals surface area contributed by atoms with Gasteiger partial charge in [-0.25, -0.2) is 0 Å². The fourth-order valence-corrected chi connectivity index (χ4v) is 2.76. The van der Waals surface area contributed by atoms with Gasteiger partial charge in [0.1, 0.15) is 5.69 Å². The number of thiol groups is 1. The molecule has 13 heavy (non-hydrogen) atoms. The van der Waals surface area contributed by atoms with E-state index in [1.807, 2.05) is 0 Å². The zero-order valence-electron chi connectivity index (χ0n) is 8.25. The molecule has 0 spiro atoms. The molecule has 1 aliphatic rings. The Morgan fingerprint density at radius 1 is 1.31 bits per heavy atom. The van der Waals surface area contributed by atoms with E-state index in [-0.39, 0.29) is 0 Å². The van der Waals surface area contributed by atoms with E-state index in [4.69, 9.17) is 0 Å². The molecule has 0 saturated carbocycles. The Bertz CT molecular complexity index is 331. The number of nitrogens with zero attached hydrogens (tertiary/aromatic N) is 1. The minimum atomic E-state index is 0.981. The molecule has 1 aromatic carbocycles. The quantitative estimate of drug-likeness (QED) is 0.476. The van der Waals surface area contributed by atoms with E-state index in [1.54, 1.807) is 0 Å². The highest BCUT2D eigenvalue weighted by Gasteiger charge is 2.28. The Hall–Kier alpha value is -0.470. The second-order valence-electron chi connectivity index (χ2n) is 4.30. The minimum Gasteiger partial charge on any atom is -0.295 e. The third-order valence-electron chi connectivity index (χ3n) is 2.87. The van der Waals surface area contributed by atoms with Crippen molar-refractivity contribution in [1.29, 1.82) is 0 Å². The number of hydrogen-bond donors (Lipinski definition) is 1. The summed E-state index contributed by atoms with van der Waals surface area (Å²) in [6, 6.07) is 6.42. The lowest BCUT2D eigenvalue weighted by Gasteiger charge is -2.35. The van der Waals surface area contributed by atoms with Gasteiger partial charge in [-0.15, -0.1) is 12.6 Å². The summed E-state index contributed by atoms with van der Waals surface area (Å²) in [5.41, 5.74) is 2.89. The summed E-state index contributed by atoms with van der Waals surface area (Å²) in [5, 5.41) is 0. The second-order valence-corrected chi connectivity index (χ2v) is 4.78. The van der Waals surface area contributed by atoms with Crippen molar-refractivity contribution in [2.75, 3.05) is 20.6 Å². The second kappa shape index (κ2) is 3.03. The van der Waals surface area contributed by atoms with Crippen molar-refractivity contribution in [3.05, 3.63) is 23.8 Å². The molecule has 0 N–H and O–H groups in total. The van der Waals surface area contributed by atoms with Gasteiger partial charge in [-0.3, -0.25) is 4.48 Å². The normalized spacial score (nSPS) is 19.6. The van der Waals surface area contributed by atoms with Gasteiger partial charge in [0.15, 0.2) is 0 Å². The van der Waals surface area contributed by atoms with Crippen LogP contribution in [0.3, 0.4) is 0 Å². The van der Waals surface area contributed by atoms with Crippen molar-refractivity contribution in [1.82, 2.24) is 4.48 Å². The average molecular weight is 194 g/mol. The van der Waals surface area contributed by atoms with Crippen LogP contribution < -0.4 is 4.48 Å². The van der Waals surface area contributed by atoms with E-state index in [0.29, 0.717) is 0 Å². The van der Waals surface area contributed by atoms with Gasteiger partial charge in [-0.2, -0.15) is 0 Å². The van der Waals surface area contributed by atoms with Crippen molar-refractivity contribution in [3.8, 4) is 0 Å². The highest BCUT2D eigenvalue weighted by atomic mass is 32.1. The standard InChI is InChI=1S/C11H15NS/c1-12(2)8-4-6-9-5-3-7-10(13)11(9)12/h3,5,7H,4,6,8H2,1-2H3/p+1. The number of rotatable bonds is 0. The molecule has 0 radical (unpaired) electrons. The van der Waals surface area contributed by atoms with E-state index in [9.17, 15) is 0 Å². The van der Waals surface area contributed by atoms with Crippen LogP contribution in [-0.4, -0.2) is 20.6 Å². The summed E-state index contributed by atoms with van der Waals surface area (Å²) >= 11 is 4.53. The fraction of sp³-hybridized carbons (Fsp3) is 0.455. The maximum Gasteiger partial charge on any atom is 0.149 e. The van der Waals surface area contributed by atoms with Crippen molar-refractivity contribution >= 4 is 18.3 Å². The molecule has 0 aromatic heterocycles. The number of benzene rings is 1. The van der Waals surface area contributed by atoms with Gasteiger partial charge in [0.25, 0.3) is 0 Å².